The largest absolute Gasteiger partial charge is 0.497 e. The highest BCUT2D eigenvalue weighted by Gasteiger charge is 2.30. The first-order chi connectivity index (χ1) is 20.3. The summed E-state index contributed by atoms with van der Waals surface area (Å²) in [5.41, 5.74) is 3.16. The second-order valence-corrected chi connectivity index (χ2v) is 12.5. The van der Waals surface area contributed by atoms with Crippen LogP contribution in [0.4, 0.5) is 10.7 Å². The number of ether oxygens (including phenoxy) is 2. The van der Waals surface area contributed by atoms with E-state index in [-0.39, 0.29) is 11.5 Å². The number of hydrogen-bond acceptors (Lipinski definition) is 8. The van der Waals surface area contributed by atoms with Crippen molar-refractivity contribution in [3.63, 3.8) is 0 Å². The van der Waals surface area contributed by atoms with E-state index in [0.29, 0.717) is 40.5 Å². The zero-order valence-corrected chi connectivity index (χ0v) is 24.9. The third-order valence-electron chi connectivity index (χ3n) is 6.86. The van der Waals surface area contributed by atoms with Crippen LogP contribution in [0.5, 0.6) is 5.75 Å². The molecule has 0 bridgehead atoms. The number of rotatable bonds is 10. The number of fused-ring (bicyclic) bond motifs is 1. The van der Waals surface area contributed by atoms with Crippen molar-refractivity contribution in [1.29, 1.82) is 0 Å². The molecule has 0 saturated carbocycles. The normalized spacial score (nSPS) is 13.2. The molecular formula is C31H31N3O6S2. The van der Waals surface area contributed by atoms with Crippen LogP contribution in [0.15, 0.2) is 83.8 Å². The molecule has 3 aromatic carbocycles. The Bertz CT molecular complexity index is 1670. The number of carbonyl (C=O) groups is 2. The molecule has 1 aliphatic rings. The van der Waals surface area contributed by atoms with E-state index in [0.717, 1.165) is 23.5 Å². The van der Waals surface area contributed by atoms with Crippen LogP contribution in [0.1, 0.15) is 43.6 Å². The first kappa shape index (κ1) is 29.3. The van der Waals surface area contributed by atoms with Gasteiger partial charge in [0.2, 0.25) is 0 Å². The molecule has 1 amide bonds. The predicted molar refractivity (Wildman–Crippen MR) is 163 cm³/mol. The number of hydrogen-bond donors (Lipinski definition) is 2. The topological polar surface area (TPSA) is 114 Å². The summed E-state index contributed by atoms with van der Waals surface area (Å²) in [6.07, 6.45) is 0.672. The minimum absolute atomic E-state index is 0.0839. The van der Waals surface area contributed by atoms with Gasteiger partial charge in [0.25, 0.3) is 15.9 Å². The molecule has 5 rings (SSSR count). The maximum atomic E-state index is 13.2. The fourth-order valence-corrected chi connectivity index (χ4v) is 7.11. The summed E-state index contributed by atoms with van der Waals surface area (Å²) in [5.74, 6) is -0.318. The van der Waals surface area contributed by atoms with Gasteiger partial charge in [-0.15, -0.1) is 11.3 Å². The number of benzene rings is 3. The number of anilines is 2. The van der Waals surface area contributed by atoms with Crippen LogP contribution in [-0.2, 0) is 34.3 Å². The number of nitrogens with one attached hydrogen (secondary N) is 2. The van der Waals surface area contributed by atoms with Crippen LogP contribution in [0.2, 0.25) is 0 Å². The van der Waals surface area contributed by atoms with Crippen molar-refractivity contribution in [2.45, 2.75) is 31.3 Å². The van der Waals surface area contributed by atoms with Gasteiger partial charge >= 0.3 is 5.97 Å². The Morgan fingerprint density at radius 3 is 2.36 bits per heavy atom. The van der Waals surface area contributed by atoms with Gasteiger partial charge in [-0.05, 0) is 73.0 Å². The van der Waals surface area contributed by atoms with Crippen molar-refractivity contribution in [1.82, 2.24) is 4.90 Å². The number of nitrogens with zero attached hydrogens (tertiary/aromatic N) is 1. The first-order valence-corrected chi connectivity index (χ1v) is 15.7. The smallest absolute Gasteiger partial charge is 0.341 e. The van der Waals surface area contributed by atoms with Crippen LogP contribution in [0.3, 0.4) is 0 Å². The van der Waals surface area contributed by atoms with E-state index in [1.165, 1.54) is 60.4 Å². The van der Waals surface area contributed by atoms with Crippen molar-refractivity contribution in [2.24, 2.45) is 0 Å². The van der Waals surface area contributed by atoms with E-state index in [4.69, 9.17) is 9.47 Å². The summed E-state index contributed by atoms with van der Waals surface area (Å²) in [5, 5.41) is 3.36. The second-order valence-electron chi connectivity index (χ2n) is 9.69. The van der Waals surface area contributed by atoms with Crippen LogP contribution < -0.4 is 14.8 Å². The second kappa shape index (κ2) is 12.8. The number of amides is 1. The van der Waals surface area contributed by atoms with E-state index in [1.807, 2.05) is 18.2 Å². The van der Waals surface area contributed by atoms with Crippen molar-refractivity contribution >= 4 is 43.9 Å². The van der Waals surface area contributed by atoms with E-state index < -0.39 is 21.9 Å². The van der Waals surface area contributed by atoms with Crippen molar-refractivity contribution in [3.05, 3.63) is 106 Å². The number of sulfonamides is 1. The fourth-order valence-electron chi connectivity index (χ4n) is 4.77. The molecule has 2 heterocycles. The lowest BCUT2D eigenvalue weighted by atomic mass is 10.0. The minimum Gasteiger partial charge on any atom is -0.497 e. The lowest BCUT2D eigenvalue weighted by molar-refractivity contribution is 0.0526. The standard InChI is InChI=1S/C31H31N3O6S2/c1-3-40-31(36)28-26-17-18-34(19-21-7-5-4-6-8-21)20-27(26)41-30(28)32-29(35)22-9-11-23(12-10-22)33-42(37,38)25-15-13-24(39-2)14-16-25/h4-16,33H,3,17-20H2,1-2H3,(H,32,35). The van der Waals surface area contributed by atoms with Gasteiger partial charge < -0.3 is 14.8 Å². The summed E-state index contributed by atoms with van der Waals surface area (Å²) >= 11 is 1.39. The molecular weight excluding hydrogens is 574 g/mol. The molecule has 0 unspecified atom stereocenters. The minimum atomic E-state index is -3.83. The molecule has 0 spiro atoms. The van der Waals surface area contributed by atoms with Crippen molar-refractivity contribution in [2.75, 3.05) is 30.3 Å². The van der Waals surface area contributed by atoms with E-state index in [1.54, 1.807) is 19.1 Å². The molecule has 0 aliphatic carbocycles. The van der Waals surface area contributed by atoms with E-state index >= 15 is 0 Å². The van der Waals surface area contributed by atoms with Gasteiger partial charge in [0.05, 0.1) is 24.2 Å². The van der Waals surface area contributed by atoms with Crippen LogP contribution >= 0.6 is 11.3 Å². The lowest BCUT2D eigenvalue weighted by Gasteiger charge is -2.27. The summed E-state index contributed by atoms with van der Waals surface area (Å²) in [4.78, 5) is 29.6. The van der Waals surface area contributed by atoms with Crippen LogP contribution in [0.25, 0.3) is 0 Å². The Labute approximate surface area is 249 Å². The van der Waals surface area contributed by atoms with Gasteiger partial charge in [0.1, 0.15) is 10.8 Å². The Morgan fingerprint density at radius 2 is 1.69 bits per heavy atom. The molecule has 0 saturated heterocycles. The maximum absolute atomic E-state index is 13.2. The highest BCUT2D eigenvalue weighted by atomic mass is 32.2. The molecule has 42 heavy (non-hydrogen) atoms. The molecule has 0 radical (unpaired) electrons. The van der Waals surface area contributed by atoms with Gasteiger partial charge in [-0.2, -0.15) is 0 Å². The molecule has 0 fully saturated rings. The molecule has 1 aliphatic heterocycles. The average molecular weight is 606 g/mol. The van der Waals surface area contributed by atoms with Gasteiger partial charge in [0.15, 0.2) is 0 Å². The van der Waals surface area contributed by atoms with E-state index in [2.05, 4.69) is 27.1 Å². The molecule has 0 atom stereocenters. The SMILES string of the molecule is CCOC(=O)c1c(NC(=O)c2ccc(NS(=O)(=O)c3ccc(OC)cc3)cc2)sc2c1CCN(Cc1ccccc1)C2. The van der Waals surface area contributed by atoms with Crippen molar-refractivity contribution < 1.29 is 27.5 Å². The highest BCUT2D eigenvalue weighted by molar-refractivity contribution is 7.92. The highest BCUT2D eigenvalue weighted by Crippen LogP contribution is 2.38. The average Bonchev–Trinajstić information content (AvgIpc) is 3.35. The van der Waals surface area contributed by atoms with Crippen LogP contribution in [0, 0.1) is 0 Å². The Kier molecular flexibility index (Phi) is 8.91. The Hall–Kier alpha value is -4.19. The van der Waals surface area contributed by atoms with Gasteiger partial charge in [-0.3, -0.25) is 14.4 Å². The fraction of sp³-hybridized carbons (Fsp3) is 0.226. The maximum Gasteiger partial charge on any atom is 0.341 e. The number of carbonyl (C=O) groups excluding carboxylic acids is 2. The monoisotopic (exact) mass is 605 g/mol. The summed E-state index contributed by atoms with van der Waals surface area (Å²) < 4.78 is 38.5. The summed E-state index contributed by atoms with van der Waals surface area (Å²) in [7, 11) is -2.32. The quantitative estimate of drug-likeness (QED) is 0.228. The molecule has 2 N–H and O–H groups in total. The number of esters is 1. The number of thiophene rings is 1. The van der Waals surface area contributed by atoms with E-state index in [9.17, 15) is 18.0 Å². The molecule has 4 aromatic rings. The zero-order valence-electron chi connectivity index (χ0n) is 23.3. The van der Waals surface area contributed by atoms with Crippen LogP contribution in [-0.4, -0.2) is 45.5 Å². The molecule has 9 nitrogen and oxygen atoms in total. The van der Waals surface area contributed by atoms with Gasteiger partial charge in [-0.25, -0.2) is 13.2 Å². The molecule has 218 valence electrons. The third-order valence-corrected chi connectivity index (χ3v) is 9.39. The Balaban J connectivity index is 1.31. The predicted octanol–water partition coefficient (Wildman–Crippen LogP) is 5.54. The van der Waals surface area contributed by atoms with Gasteiger partial charge in [0, 0.05) is 35.8 Å². The first-order valence-electron chi connectivity index (χ1n) is 13.4. The van der Waals surface area contributed by atoms with Gasteiger partial charge in [-0.1, -0.05) is 30.3 Å². The van der Waals surface area contributed by atoms with Crippen molar-refractivity contribution in [3.8, 4) is 5.75 Å². The zero-order chi connectivity index (χ0) is 29.7. The lowest BCUT2D eigenvalue weighted by Crippen LogP contribution is -2.29. The summed E-state index contributed by atoms with van der Waals surface area (Å²) in [6.45, 7) is 4.22. The molecule has 1 aromatic heterocycles. The Morgan fingerprint density at radius 1 is 0.976 bits per heavy atom. The summed E-state index contributed by atoms with van der Waals surface area (Å²) in [6, 6.07) is 22.3. The molecule has 11 heteroatoms. The third kappa shape index (κ3) is 6.64. The number of methoxy groups -OCH3 is 1.